The Morgan fingerprint density at radius 2 is 1.65 bits per heavy atom. The molecule has 11 nitrogen and oxygen atoms in total. The van der Waals surface area contributed by atoms with Gasteiger partial charge in [0, 0.05) is 35.9 Å². The number of hydrogen-bond acceptors (Lipinski definition) is 9. The van der Waals surface area contributed by atoms with E-state index in [0.717, 1.165) is 42.5 Å². The third kappa shape index (κ3) is 9.61. The van der Waals surface area contributed by atoms with Gasteiger partial charge in [-0.1, -0.05) is 24.3 Å². The maximum Gasteiger partial charge on any atom is 0.251 e. The highest BCUT2D eigenvalue weighted by molar-refractivity contribution is 6.28. The molecule has 13 heteroatoms. The van der Waals surface area contributed by atoms with E-state index in [4.69, 9.17) is 27.8 Å². The minimum Gasteiger partial charge on any atom is -0.478 e. The molecular formula is C35H44Cl2N8O3. The lowest BCUT2D eigenvalue weighted by atomic mass is 9.81. The smallest absolute Gasteiger partial charge is 0.251 e. The Labute approximate surface area is 292 Å². The number of H-pyrrole nitrogens is 1. The predicted octanol–water partition coefficient (Wildman–Crippen LogP) is 5.13. The van der Waals surface area contributed by atoms with Crippen LogP contribution in [0.15, 0.2) is 66.9 Å². The summed E-state index contributed by atoms with van der Waals surface area (Å²) in [5, 5.41) is 6.87. The molecule has 2 amide bonds. The molecule has 48 heavy (non-hydrogen) atoms. The second kappa shape index (κ2) is 17.5. The zero-order chi connectivity index (χ0) is 33.3. The average Bonchev–Trinajstić information content (AvgIpc) is 3.53. The van der Waals surface area contributed by atoms with E-state index >= 15 is 0 Å². The van der Waals surface area contributed by atoms with Gasteiger partial charge in [0.15, 0.2) is 5.82 Å². The SMILES string of the molecule is CN(C)CCCOc1ccc(-c2ccc(C[C@H](N)C(=O)N(C(=O)C3CCC(CN)CC3)c3ccc(-c4n[nH]c(Cl)n4)cc3)cc2)cn1.Cl. The van der Waals surface area contributed by atoms with Gasteiger partial charge in [-0.25, -0.2) is 15.0 Å². The number of nitrogens with two attached hydrogens (primary N) is 2. The summed E-state index contributed by atoms with van der Waals surface area (Å²) in [6, 6.07) is 17.7. The Morgan fingerprint density at radius 1 is 0.979 bits per heavy atom. The van der Waals surface area contributed by atoms with E-state index in [2.05, 4.69) is 25.1 Å². The van der Waals surface area contributed by atoms with Crippen molar-refractivity contribution < 1.29 is 14.3 Å². The summed E-state index contributed by atoms with van der Waals surface area (Å²) < 4.78 is 5.75. The number of aromatic amines is 1. The number of nitrogens with zero attached hydrogens (tertiary/aromatic N) is 5. The van der Waals surface area contributed by atoms with Crippen LogP contribution >= 0.6 is 24.0 Å². The molecule has 0 aliphatic heterocycles. The fraction of sp³-hybridized carbons (Fsp3) is 0.400. The quantitative estimate of drug-likeness (QED) is 0.161. The van der Waals surface area contributed by atoms with Gasteiger partial charge >= 0.3 is 0 Å². The molecule has 2 heterocycles. The summed E-state index contributed by atoms with van der Waals surface area (Å²) in [5.74, 6) is 0.463. The van der Waals surface area contributed by atoms with Crippen molar-refractivity contribution in [2.75, 3.05) is 38.7 Å². The van der Waals surface area contributed by atoms with Crippen LogP contribution in [0.5, 0.6) is 5.88 Å². The van der Waals surface area contributed by atoms with Crippen LogP contribution in [0, 0.1) is 11.8 Å². The summed E-state index contributed by atoms with van der Waals surface area (Å²) in [6.45, 7) is 2.17. The van der Waals surface area contributed by atoms with E-state index in [1.807, 2.05) is 50.5 Å². The van der Waals surface area contributed by atoms with Gasteiger partial charge in [-0.15, -0.1) is 12.4 Å². The van der Waals surface area contributed by atoms with E-state index in [-0.39, 0.29) is 35.9 Å². The topological polar surface area (TPSA) is 156 Å². The van der Waals surface area contributed by atoms with Gasteiger partial charge in [-0.2, -0.15) is 10.1 Å². The highest BCUT2D eigenvalue weighted by Crippen LogP contribution is 2.32. The Hall–Kier alpha value is -3.87. The van der Waals surface area contributed by atoms with Crippen LogP contribution in [-0.2, 0) is 16.0 Å². The number of benzene rings is 2. The summed E-state index contributed by atoms with van der Waals surface area (Å²) in [4.78, 5) is 39.9. The van der Waals surface area contributed by atoms with Crippen molar-refractivity contribution in [1.82, 2.24) is 25.1 Å². The first-order chi connectivity index (χ1) is 22.7. The number of carbonyl (C=O) groups is 2. The van der Waals surface area contributed by atoms with Crippen molar-refractivity contribution in [3.05, 3.63) is 77.7 Å². The average molecular weight is 696 g/mol. The molecule has 4 aromatic rings. The van der Waals surface area contributed by atoms with Gasteiger partial charge in [0.25, 0.3) is 5.91 Å². The molecule has 1 atom stereocenters. The fourth-order valence-electron chi connectivity index (χ4n) is 5.86. The van der Waals surface area contributed by atoms with Crippen molar-refractivity contribution in [2.45, 2.75) is 44.6 Å². The molecule has 5 rings (SSSR count). The van der Waals surface area contributed by atoms with Crippen LogP contribution in [0.1, 0.15) is 37.7 Å². The van der Waals surface area contributed by atoms with E-state index in [0.29, 0.717) is 54.9 Å². The molecule has 2 aromatic heterocycles. The van der Waals surface area contributed by atoms with Crippen LogP contribution in [0.2, 0.25) is 5.28 Å². The summed E-state index contributed by atoms with van der Waals surface area (Å²) in [7, 11) is 4.07. The van der Waals surface area contributed by atoms with Gasteiger partial charge in [-0.05, 0) is 118 Å². The molecule has 1 aliphatic rings. The van der Waals surface area contributed by atoms with Gasteiger partial charge in [0.2, 0.25) is 17.1 Å². The number of rotatable bonds is 13. The number of carbonyl (C=O) groups excluding carboxylic acids is 2. The number of amides is 2. The van der Waals surface area contributed by atoms with Crippen molar-refractivity contribution in [2.24, 2.45) is 23.3 Å². The Bertz CT molecular complexity index is 1610. The molecule has 1 fully saturated rings. The van der Waals surface area contributed by atoms with Crippen molar-refractivity contribution in [3.8, 4) is 28.4 Å². The second-order valence-corrected chi connectivity index (χ2v) is 12.7. The predicted molar refractivity (Wildman–Crippen MR) is 191 cm³/mol. The van der Waals surface area contributed by atoms with Crippen molar-refractivity contribution in [1.29, 1.82) is 0 Å². The van der Waals surface area contributed by atoms with E-state index in [1.165, 1.54) is 4.90 Å². The highest BCUT2D eigenvalue weighted by atomic mass is 35.5. The summed E-state index contributed by atoms with van der Waals surface area (Å²) in [6.07, 6.45) is 6.09. The zero-order valence-corrected chi connectivity index (χ0v) is 28.9. The fourth-order valence-corrected chi connectivity index (χ4v) is 5.98. The molecule has 0 bridgehead atoms. The largest absolute Gasteiger partial charge is 0.478 e. The molecule has 0 saturated heterocycles. The number of pyridine rings is 1. The zero-order valence-electron chi connectivity index (χ0n) is 27.3. The molecular weight excluding hydrogens is 651 g/mol. The Morgan fingerprint density at radius 3 is 2.23 bits per heavy atom. The maximum atomic E-state index is 13.9. The van der Waals surface area contributed by atoms with E-state index in [9.17, 15) is 9.59 Å². The van der Waals surface area contributed by atoms with Crippen LogP contribution < -0.4 is 21.1 Å². The highest BCUT2D eigenvalue weighted by Gasteiger charge is 2.35. The third-order valence-corrected chi connectivity index (χ3v) is 8.78. The van der Waals surface area contributed by atoms with Gasteiger partial charge in [0.1, 0.15) is 0 Å². The minimum absolute atomic E-state index is 0. The Kier molecular flexibility index (Phi) is 13.5. The van der Waals surface area contributed by atoms with E-state index < -0.39 is 11.9 Å². The molecule has 1 aliphatic carbocycles. The molecule has 0 radical (unpaired) electrons. The number of aromatic nitrogens is 4. The number of imide groups is 1. The lowest BCUT2D eigenvalue weighted by Gasteiger charge is -2.32. The molecule has 256 valence electrons. The standard InChI is InChI=1S/C35H43ClN8O3.ClH/c1-43(2)18-3-19-47-31-17-14-28(22-39-31)25-8-4-23(5-9-25)20-30(38)34(46)44(33(45)27-10-6-24(21-37)7-11-27)29-15-12-26(13-16-29)32-40-35(36)42-41-32;/h4-5,8-9,12-17,22,24,27,30H,3,6-7,10-11,18-21,37-38H2,1-2H3,(H,40,41,42);1H/t24?,27?,30-;/m0./s1. The van der Waals surface area contributed by atoms with Gasteiger partial charge in [0.05, 0.1) is 18.3 Å². The number of nitrogens with one attached hydrogen (secondary N) is 1. The van der Waals surface area contributed by atoms with Crippen LogP contribution in [0.3, 0.4) is 0 Å². The monoisotopic (exact) mass is 694 g/mol. The molecule has 1 saturated carbocycles. The number of hydrogen-bond donors (Lipinski definition) is 3. The van der Waals surface area contributed by atoms with Crippen LogP contribution in [0.25, 0.3) is 22.5 Å². The normalized spacial score (nSPS) is 16.6. The minimum atomic E-state index is -0.928. The third-order valence-electron chi connectivity index (χ3n) is 8.61. The molecule has 5 N–H and O–H groups in total. The lowest BCUT2D eigenvalue weighted by molar-refractivity contribution is -0.130. The number of halogens is 2. The number of anilines is 1. The van der Waals surface area contributed by atoms with Crippen LogP contribution in [0.4, 0.5) is 5.69 Å². The summed E-state index contributed by atoms with van der Waals surface area (Å²) in [5.41, 5.74) is 16.4. The first-order valence-electron chi connectivity index (χ1n) is 16.1. The number of ether oxygens (including phenoxy) is 1. The van der Waals surface area contributed by atoms with Gasteiger partial charge < -0.3 is 21.1 Å². The first-order valence-corrected chi connectivity index (χ1v) is 16.4. The van der Waals surface area contributed by atoms with E-state index in [1.54, 1.807) is 30.5 Å². The second-order valence-electron chi connectivity index (χ2n) is 12.4. The van der Waals surface area contributed by atoms with Crippen LogP contribution in [-0.4, -0.2) is 76.7 Å². The maximum absolute atomic E-state index is 13.9. The molecule has 0 unspecified atom stereocenters. The molecule has 2 aromatic carbocycles. The summed E-state index contributed by atoms with van der Waals surface area (Å²) >= 11 is 5.90. The first kappa shape index (κ1) is 37.0. The van der Waals surface area contributed by atoms with Gasteiger partial charge in [-0.3, -0.25) is 9.59 Å². The molecule has 0 spiro atoms. The van der Waals surface area contributed by atoms with Crippen molar-refractivity contribution in [3.63, 3.8) is 0 Å². The lowest BCUT2D eigenvalue weighted by Crippen LogP contribution is -2.50. The van der Waals surface area contributed by atoms with Crippen molar-refractivity contribution >= 4 is 41.5 Å². The Balaban J connectivity index is 0.00000520.